The molecule has 0 bridgehead atoms. The van der Waals surface area contributed by atoms with Gasteiger partial charge in [-0.25, -0.2) is 0 Å². The molecule has 1 aromatic rings. The molecule has 2 N–H and O–H groups in total. The number of amides is 1. The number of halogens is 1. The number of hydrogen-bond acceptors (Lipinski definition) is 4. The summed E-state index contributed by atoms with van der Waals surface area (Å²) in [7, 11) is 1.81. The van der Waals surface area contributed by atoms with Gasteiger partial charge in [-0.15, -0.1) is 24.0 Å². The van der Waals surface area contributed by atoms with Crippen molar-refractivity contribution < 1.29 is 9.53 Å². The predicted molar refractivity (Wildman–Crippen MR) is 135 cm³/mol. The van der Waals surface area contributed by atoms with E-state index in [4.69, 9.17) is 4.74 Å². The Labute approximate surface area is 203 Å². The van der Waals surface area contributed by atoms with Crippen LogP contribution < -0.4 is 15.5 Å². The Morgan fingerprint density at radius 1 is 1.13 bits per heavy atom. The van der Waals surface area contributed by atoms with Crippen LogP contribution in [0.5, 0.6) is 0 Å². The van der Waals surface area contributed by atoms with Crippen molar-refractivity contribution in [3.05, 3.63) is 29.8 Å². The fourth-order valence-corrected chi connectivity index (χ4v) is 4.85. The van der Waals surface area contributed by atoms with Crippen molar-refractivity contribution in [1.82, 2.24) is 15.5 Å². The second kappa shape index (κ2) is 11.9. The van der Waals surface area contributed by atoms with Crippen molar-refractivity contribution in [1.29, 1.82) is 0 Å². The summed E-state index contributed by atoms with van der Waals surface area (Å²) in [5.41, 5.74) is 2.52. The lowest BCUT2D eigenvalue weighted by atomic mass is 10.1. The SMILES string of the molecule is CN=C(NCc1ccccc1N1CCOCC1)NC1CCN(C(=O)C2CCCC2)C1.I. The Morgan fingerprint density at radius 2 is 1.87 bits per heavy atom. The average Bonchev–Trinajstić information content (AvgIpc) is 3.49. The molecule has 0 aromatic heterocycles. The van der Waals surface area contributed by atoms with E-state index in [0.717, 1.165) is 64.6 Å². The summed E-state index contributed by atoms with van der Waals surface area (Å²) in [6, 6.07) is 8.79. The molecule has 2 heterocycles. The number of morpholine rings is 1. The van der Waals surface area contributed by atoms with Gasteiger partial charge in [0, 0.05) is 57.4 Å². The fourth-order valence-electron chi connectivity index (χ4n) is 4.85. The lowest BCUT2D eigenvalue weighted by molar-refractivity contribution is -0.134. The van der Waals surface area contributed by atoms with Crippen LogP contribution in [0.2, 0.25) is 0 Å². The molecule has 1 unspecified atom stereocenters. The van der Waals surface area contributed by atoms with Gasteiger partial charge >= 0.3 is 0 Å². The highest BCUT2D eigenvalue weighted by Crippen LogP contribution is 2.28. The van der Waals surface area contributed by atoms with Crippen LogP contribution in [-0.4, -0.2) is 69.2 Å². The van der Waals surface area contributed by atoms with Crippen molar-refractivity contribution in [2.45, 2.75) is 44.7 Å². The number of nitrogens with zero attached hydrogens (tertiary/aromatic N) is 3. The van der Waals surface area contributed by atoms with Gasteiger partial charge in [0.25, 0.3) is 0 Å². The minimum atomic E-state index is 0. The molecule has 2 saturated heterocycles. The van der Waals surface area contributed by atoms with E-state index in [9.17, 15) is 4.79 Å². The molecule has 3 aliphatic rings. The number of aliphatic imine (C=N–C) groups is 1. The number of guanidine groups is 1. The average molecular weight is 541 g/mol. The zero-order valence-corrected chi connectivity index (χ0v) is 20.8. The zero-order valence-electron chi connectivity index (χ0n) is 18.5. The summed E-state index contributed by atoms with van der Waals surface area (Å²) in [6.45, 7) is 5.76. The molecule has 1 saturated carbocycles. The number of nitrogens with one attached hydrogen (secondary N) is 2. The molecule has 0 radical (unpaired) electrons. The van der Waals surface area contributed by atoms with Crippen LogP contribution in [0.1, 0.15) is 37.7 Å². The standard InChI is InChI=1S/C23H35N5O2.HI/c1-24-23(26-20-10-11-28(17-20)22(29)18-6-2-3-7-18)25-16-19-8-4-5-9-21(19)27-12-14-30-15-13-27;/h4-5,8-9,18,20H,2-3,6-7,10-17H2,1H3,(H2,24,25,26);1H. The summed E-state index contributed by atoms with van der Waals surface area (Å²) in [6.07, 6.45) is 5.52. The van der Waals surface area contributed by atoms with Crippen LogP contribution in [0.25, 0.3) is 0 Å². The Kier molecular flexibility index (Phi) is 9.25. The Hall–Kier alpha value is -1.55. The van der Waals surface area contributed by atoms with Gasteiger partial charge in [0.2, 0.25) is 5.91 Å². The molecule has 8 heteroatoms. The molecule has 7 nitrogen and oxygen atoms in total. The van der Waals surface area contributed by atoms with Gasteiger partial charge in [0.15, 0.2) is 5.96 Å². The minimum Gasteiger partial charge on any atom is -0.378 e. The molecular formula is C23H36IN5O2. The number of benzene rings is 1. The normalized spacial score (nSPS) is 22.4. The number of hydrogen-bond donors (Lipinski definition) is 2. The first-order valence-electron chi connectivity index (χ1n) is 11.4. The lowest BCUT2D eigenvalue weighted by Gasteiger charge is -2.30. The summed E-state index contributed by atoms with van der Waals surface area (Å²) >= 11 is 0. The lowest BCUT2D eigenvalue weighted by Crippen LogP contribution is -2.45. The first-order valence-corrected chi connectivity index (χ1v) is 11.4. The Balaban J connectivity index is 0.00000272. The summed E-state index contributed by atoms with van der Waals surface area (Å²) in [4.78, 5) is 21.5. The van der Waals surface area contributed by atoms with Crippen LogP contribution in [0.15, 0.2) is 29.3 Å². The van der Waals surface area contributed by atoms with Crippen LogP contribution in [0, 0.1) is 5.92 Å². The fraction of sp³-hybridized carbons (Fsp3) is 0.652. The monoisotopic (exact) mass is 541 g/mol. The molecule has 1 atom stereocenters. The number of para-hydroxylation sites is 1. The number of anilines is 1. The number of rotatable bonds is 5. The topological polar surface area (TPSA) is 69.2 Å². The summed E-state index contributed by atoms with van der Waals surface area (Å²) in [5.74, 6) is 1.42. The van der Waals surface area contributed by atoms with E-state index in [-0.39, 0.29) is 35.9 Å². The maximum Gasteiger partial charge on any atom is 0.225 e. The molecule has 1 aliphatic carbocycles. The first kappa shape index (κ1) is 24.1. The van der Waals surface area contributed by atoms with Gasteiger partial charge in [-0.2, -0.15) is 0 Å². The summed E-state index contributed by atoms with van der Waals surface area (Å²) in [5, 5.41) is 6.99. The zero-order chi connectivity index (χ0) is 20.8. The van der Waals surface area contributed by atoms with Crippen LogP contribution in [0.4, 0.5) is 5.69 Å². The molecule has 172 valence electrons. The maximum absolute atomic E-state index is 12.7. The van der Waals surface area contributed by atoms with Gasteiger partial charge in [-0.05, 0) is 30.9 Å². The molecular weight excluding hydrogens is 505 g/mol. The smallest absolute Gasteiger partial charge is 0.225 e. The van der Waals surface area contributed by atoms with Crippen LogP contribution in [-0.2, 0) is 16.1 Å². The van der Waals surface area contributed by atoms with E-state index < -0.39 is 0 Å². The number of ether oxygens (including phenoxy) is 1. The molecule has 0 spiro atoms. The Bertz CT molecular complexity index is 747. The number of likely N-dealkylation sites (tertiary alicyclic amines) is 1. The second-order valence-electron chi connectivity index (χ2n) is 8.55. The third-order valence-electron chi connectivity index (χ3n) is 6.56. The van der Waals surface area contributed by atoms with Crippen molar-refractivity contribution in [3.63, 3.8) is 0 Å². The van der Waals surface area contributed by atoms with Gasteiger partial charge in [0.1, 0.15) is 0 Å². The third kappa shape index (κ3) is 6.25. The van der Waals surface area contributed by atoms with Gasteiger partial charge in [-0.1, -0.05) is 31.0 Å². The van der Waals surface area contributed by atoms with Crippen LogP contribution in [0.3, 0.4) is 0 Å². The predicted octanol–water partition coefficient (Wildman–Crippen LogP) is 2.60. The van der Waals surface area contributed by atoms with E-state index in [1.54, 1.807) is 7.05 Å². The van der Waals surface area contributed by atoms with E-state index in [1.807, 2.05) is 0 Å². The molecule has 31 heavy (non-hydrogen) atoms. The minimum absolute atomic E-state index is 0. The van der Waals surface area contributed by atoms with E-state index in [0.29, 0.717) is 12.5 Å². The van der Waals surface area contributed by atoms with Gasteiger partial charge < -0.3 is 25.2 Å². The Morgan fingerprint density at radius 3 is 2.61 bits per heavy atom. The van der Waals surface area contributed by atoms with Crippen molar-refractivity contribution >= 4 is 41.5 Å². The van der Waals surface area contributed by atoms with Crippen molar-refractivity contribution in [3.8, 4) is 0 Å². The molecule has 2 aliphatic heterocycles. The number of carbonyl (C=O) groups is 1. The van der Waals surface area contributed by atoms with E-state index in [1.165, 1.54) is 24.1 Å². The van der Waals surface area contributed by atoms with E-state index >= 15 is 0 Å². The van der Waals surface area contributed by atoms with Crippen molar-refractivity contribution in [2.24, 2.45) is 10.9 Å². The van der Waals surface area contributed by atoms with Crippen LogP contribution >= 0.6 is 24.0 Å². The molecule has 1 amide bonds. The van der Waals surface area contributed by atoms with E-state index in [2.05, 4.69) is 49.7 Å². The quantitative estimate of drug-likeness (QED) is 0.341. The molecule has 1 aromatic carbocycles. The molecule has 4 rings (SSSR count). The highest BCUT2D eigenvalue weighted by atomic mass is 127. The second-order valence-corrected chi connectivity index (χ2v) is 8.55. The third-order valence-corrected chi connectivity index (χ3v) is 6.56. The maximum atomic E-state index is 12.7. The van der Waals surface area contributed by atoms with Gasteiger partial charge in [0.05, 0.1) is 13.2 Å². The first-order chi connectivity index (χ1) is 14.7. The largest absolute Gasteiger partial charge is 0.378 e. The summed E-state index contributed by atoms with van der Waals surface area (Å²) < 4.78 is 5.49. The highest BCUT2D eigenvalue weighted by Gasteiger charge is 2.32. The number of carbonyl (C=O) groups excluding carboxylic acids is 1. The van der Waals surface area contributed by atoms with Crippen molar-refractivity contribution in [2.75, 3.05) is 51.3 Å². The molecule has 3 fully saturated rings. The van der Waals surface area contributed by atoms with Gasteiger partial charge in [-0.3, -0.25) is 9.79 Å². The highest BCUT2D eigenvalue weighted by molar-refractivity contribution is 14.0.